The zero-order valence-corrected chi connectivity index (χ0v) is 11.8. The second kappa shape index (κ2) is 5.54. The first kappa shape index (κ1) is 13.6. The Bertz CT molecular complexity index is 501. The van der Waals surface area contributed by atoms with E-state index in [0.717, 1.165) is 19.4 Å². The summed E-state index contributed by atoms with van der Waals surface area (Å²) in [5, 5.41) is 10.9. The van der Waals surface area contributed by atoms with Crippen molar-refractivity contribution < 1.29 is 19.4 Å². The highest BCUT2D eigenvalue weighted by molar-refractivity contribution is 7.10. The van der Waals surface area contributed by atoms with Crippen LogP contribution in [0.2, 0.25) is 0 Å². The molecule has 2 aliphatic rings. The molecule has 20 heavy (non-hydrogen) atoms. The van der Waals surface area contributed by atoms with Gasteiger partial charge in [0.25, 0.3) is 5.91 Å². The lowest BCUT2D eigenvalue weighted by atomic mass is 10.1. The van der Waals surface area contributed by atoms with Crippen molar-refractivity contribution in [2.45, 2.75) is 43.9 Å². The van der Waals surface area contributed by atoms with Crippen molar-refractivity contribution in [3.05, 3.63) is 22.4 Å². The van der Waals surface area contributed by atoms with E-state index in [1.807, 2.05) is 16.3 Å². The van der Waals surface area contributed by atoms with Crippen LogP contribution in [0.4, 0.5) is 0 Å². The third-order valence-electron chi connectivity index (χ3n) is 3.98. The average molecular weight is 295 g/mol. The SMILES string of the molecule is O=C(O)[C@H]1CC[C@@H](C(=O)N2CCCC2c2cccs2)O1. The number of aliphatic carboxylic acids is 1. The van der Waals surface area contributed by atoms with Gasteiger partial charge in [0, 0.05) is 11.4 Å². The summed E-state index contributed by atoms with van der Waals surface area (Å²) in [6.07, 6.45) is 1.47. The molecule has 1 N–H and O–H groups in total. The first-order valence-corrected chi connectivity index (χ1v) is 7.77. The molecule has 3 rings (SSSR count). The average Bonchev–Trinajstić information content (AvgIpc) is 3.17. The smallest absolute Gasteiger partial charge is 0.332 e. The monoisotopic (exact) mass is 295 g/mol. The van der Waals surface area contributed by atoms with Gasteiger partial charge >= 0.3 is 5.97 Å². The van der Waals surface area contributed by atoms with Crippen molar-refractivity contribution in [2.24, 2.45) is 0 Å². The van der Waals surface area contributed by atoms with E-state index in [0.29, 0.717) is 12.8 Å². The van der Waals surface area contributed by atoms with E-state index >= 15 is 0 Å². The van der Waals surface area contributed by atoms with Gasteiger partial charge in [-0.1, -0.05) is 6.07 Å². The van der Waals surface area contributed by atoms with E-state index in [2.05, 4.69) is 6.07 Å². The predicted octanol–water partition coefficient (Wildman–Crippen LogP) is 2.04. The van der Waals surface area contributed by atoms with Crippen molar-refractivity contribution in [1.29, 1.82) is 0 Å². The molecule has 1 unspecified atom stereocenters. The van der Waals surface area contributed by atoms with Crippen LogP contribution in [-0.2, 0) is 14.3 Å². The first-order chi connectivity index (χ1) is 9.66. The predicted molar refractivity (Wildman–Crippen MR) is 73.5 cm³/mol. The fourth-order valence-electron chi connectivity index (χ4n) is 2.99. The molecular formula is C14H17NO4S. The minimum absolute atomic E-state index is 0.0512. The molecule has 3 atom stereocenters. The number of carboxylic acids is 1. The maximum atomic E-state index is 12.5. The summed E-state index contributed by atoms with van der Waals surface area (Å²) in [4.78, 5) is 26.5. The normalized spacial score (nSPS) is 29.8. The molecule has 0 saturated carbocycles. The minimum atomic E-state index is -0.975. The number of carbonyl (C=O) groups is 2. The molecule has 0 spiro atoms. The Hall–Kier alpha value is -1.40. The number of carboxylic acid groups (broad SMARTS) is 1. The lowest BCUT2D eigenvalue weighted by molar-refractivity contribution is -0.155. The van der Waals surface area contributed by atoms with E-state index in [1.54, 1.807) is 11.3 Å². The van der Waals surface area contributed by atoms with Crippen LogP contribution in [0.25, 0.3) is 0 Å². The molecular weight excluding hydrogens is 278 g/mol. The number of nitrogens with zero attached hydrogens (tertiary/aromatic N) is 1. The highest BCUT2D eigenvalue weighted by atomic mass is 32.1. The number of thiophene rings is 1. The number of carbonyl (C=O) groups excluding carboxylic acids is 1. The molecule has 5 nitrogen and oxygen atoms in total. The molecule has 108 valence electrons. The van der Waals surface area contributed by atoms with Crippen molar-refractivity contribution in [3.8, 4) is 0 Å². The molecule has 2 saturated heterocycles. The largest absolute Gasteiger partial charge is 0.479 e. The number of likely N-dealkylation sites (tertiary alicyclic amines) is 1. The summed E-state index contributed by atoms with van der Waals surface area (Å²) in [6.45, 7) is 0.735. The minimum Gasteiger partial charge on any atom is -0.479 e. The lowest BCUT2D eigenvalue weighted by Gasteiger charge is -2.26. The van der Waals surface area contributed by atoms with Crippen LogP contribution < -0.4 is 0 Å². The van der Waals surface area contributed by atoms with Crippen LogP contribution in [0.5, 0.6) is 0 Å². The molecule has 6 heteroatoms. The van der Waals surface area contributed by atoms with Crippen LogP contribution in [-0.4, -0.2) is 40.6 Å². The maximum Gasteiger partial charge on any atom is 0.332 e. The van der Waals surface area contributed by atoms with Gasteiger partial charge in [-0.05, 0) is 37.1 Å². The Labute approximate surface area is 121 Å². The van der Waals surface area contributed by atoms with Gasteiger partial charge in [0.05, 0.1) is 6.04 Å². The molecule has 2 aliphatic heterocycles. The van der Waals surface area contributed by atoms with Crippen LogP contribution in [0, 0.1) is 0 Å². The van der Waals surface area contributed by atoms with Gasteiger partial charge in [-0.25, -0.2) is 4.79 Å². The lowest BCUT2D eigenvalue weighted by Crippen LogP contribution is -2.39. The second-order valence-corrected chi connectivity index (χ2v) is 6.21. The number of hydrogen-bond donors (Lipinski definition) is 1. The van der Waals surface area contributed by atoms with Crippen molar-refractivity contribution in [2.75, 3.05) is 6.54 Å². The number of ether oxygens (including phenoxy) is 1. The van der Waals surface area contributed by atoms with Crippen molar-refractivity contribution >= 4 is 23.2 Å². The third kappa shape index (κ3) is 2.45. The first-order valence-electron chi connectivity index (χ1n) is 6.89. The van der Waals surface area contributed by atoms with Crippen LogP contribution >= 0.6 is 11.3 Å². The zero-order chi connectivity index (χ0) is 14.1. The standard InChI is InChI=1S/C14H17NO4S/c16-13(10-5-6-11(19-10)14(17)18)15-7-1-3-9(15)12-4-2-8-20-12/h2,4,8-11H,1,3,5-7H2,(H,17,18)/t9?,10-,11+/m0/s1. The van der Waals surface area contributed by atoms with E-state index < -0.39 is 18.2 Å². The topological polar surface area (TPSA) is 66.8 Å². The summed E-state index contributed by atoms with van der Waals surface area (Å²) < 4.78 is 5.38. The third-order valence-corrected chi connectivity index (χ3v) is 4.95. The molecule has 0 aliphatic carbocycles. The van der Waals surface area contributed by atoms with Crippen molar-refractivity contribution in [1.82, 2.24) is 4.90 Å². The summed E-state index contributed by atoms with van der Waals surface area (Å²) in [5.41, 5.74) is 0. The highest BCUT2D eigenvalue weighted by Crippen LogP contribution is 2.36. The maximum absolute atomic E-state index is 12.5. The summed E-state index contributed by atoms with van der Waals surface area (Å²) >= 11 is 1.66. The fourth-order valence-corrected chi connectivity index (χ4v) is 3.87. The van der Waals surface area contributed by atoms with E-state index in [1.165, 1.54) is 4.88 Å². The van der Waals surface area contributed by atoms with Crippen LogP contribution in [0.15, 0.2) is 17.5 Å². The molecule has 1 aromatic heterocycles. The van der Waals surface area contributed by atoms with E-state index in [-0.39, 0.29) is 11.9 Å². The Balaban J connectivity index is 1.69. The summed E-state index contributed by atoms with van der Waals surface area (Å²) in [6, 6.07) is 4.18. The Morgan fingerprint density at radius 1 is 1.30 bits per heavy atom. The molecule has 1 amide bonds. The Kier molecular flexibility index (Phi) is 3.76. The van der Waals surface area contributed by atoms with Gasteiger partial charge in [-0.2, -0.15) is 0 Å². The molecule has 3 heterocycles. The van der Waals surface area contributed by atoms with Gasteiger partial charge in [-0.3, -0.25) is 4.79 Å². The van der Waals surface area contributed by atoms with Gasteiger partial charge < -0.3 is 14.7 Å². The number of rotatable bonds is 3. The summed E-state index contributed by atoms with van der Waals surface area (Å²) in [7, 11) is 0. The van der Waals surface area contributed by atoms with Gasteiger partial charge in [0.2, 0.25) is 0 Å². The van der Waals surface area contributed by atoms with Gasteiger partial charge in [-0.15, -0.1) is 11.3 Å². The quantitative estimate of drug-likeness (QED) is 0.926. The Morgan fingerprint density at radius 3 is 2.75 bits per heavy atom. The van der Waals surface area contributed by atoms with E-state index in [4.69, 9.17) is 9.84 Å². The molecule has 0 radical (unpaired) electrons. The van der Waals surface area contributed by atoms with Gasteiger partial charge in [0.1, 0.15) is 6.10 Å². The van der Waals surface area contributed by atoms with Crippen LogP contribution in [0.3, 0.4) is 0 Å². The van der Waals surface area contributed by atoms with Crippen LogP contribution in [0.1, 0.15) is 36.6 Å². The molecule has 1 aromatic rings. The molecule has 0 aromatic carbocycles. The fraction of sp³-hybridized carbons (Fsp3) is 0.571. The number of amides is 1. The highest BCUT2D eigenvalue weighted by Gasteiger charge is 2.40. The number of hydrogen-bond acceptors (Lipinski definition) is 4. The zero-order valence-electron chi connectivity index (χ0n) is 11.0. The van der Waals surface area contributed by atoms with Gasteiger partial charge in [0.15, 0.2) is 6.10 Å². The summed E-state index contributed by atoms with van der Waals surface area (Å²) in [5.74, 6) is -1.03. The molecule has 0 bridgehead atoms. The van der Waals surface area contributed by atoms with E-state index in [9.17, 15) is 9.59 Å². The Morgan fingerprint density at radius 2 is 2.10 bits per heavy atom. The molecule has 2 fully saturated rings. The second-order valence-electron chi connectivity index (χ2n) is 5.23. The van der Waals surface area contributed by atoms with Crippen molar-refractivity contribution in [3.63, 3.8) is 0 Å².